The highest BCUT2D eigenvalue weighted by molar-refractivity contribution is 5.64. The molecule has 1 atom stereocenters. The zero-order valence-electron chi connectivity index (χ0n) is 12.8. The minimum absolute atomic E-state index is 0.0744. The van der Waals surface area contributed by atoms with Crippen molar-refractivity contribution < 1.29 is 14.6 Å². The van der Waals surface area contributed by atoms with Crippen LogP contribution in [0.25, 0.3) is 5.88 Å². The molecule has 0 radical (unpaired) electrons. The Labute approximate surface area is 133 Å². The Morgan fingerprint density at radius 2 is 2.09 bits per heavy atom. The van der Waals surface area contributed by atoms with Crippen LogP contribution in [0.2, 0.25) is 0 Å². The maximum atomic E-state index is 10.9. The molecular formula is C15H17N5O3. The first-order chi connectivity index (χ1) is 11.1. The van der Waals surface area contributed by atoms with E-state index in [4.69, 9.17) is 9.84 Å². The first kappa shape index (κ1) is 15.0. The highest BCUT2D eigenvalue weighted by Crippen LogP contribution is 2.34. The molecule has 1 aliphatic rings. The van der Waals surface area contributed by atoms with Crippen LogP contribution in [0.5, 0.6) is 0 Å². The Hall–Kier alpha value is -2.90. The standard InChI is InChI=1S/C15H17N5O3/c1-10(2)13-14-16-17-18-20(14)12(23-15(21)22)9-19(13)8-11-6-4-3-5-7-11/h3-7,9-10,13H,8H2,1-2H3,(H,21,22). The molecule has 0 spiro atoms. The van der Waals surface area contributed by atoms with Crippen molar-refractivity contribution in [3.05, 3.63) is 47.9 Å². The molecule has 1 aliphatic heterocycles. The topological polar surface area (TPSA) is 93.4 Å². The Bertz CT molecular complexity index is 726. The number of tetrazole rings is 1. The van der Waals surface area contributed by atoms with Gasteiger partial charge in [0.15, 0.2) is 5.82 Å². The highest BCUT2D eigenvalue weighted by atomic mass is 16.7. The van der Waals surface area contributed by atoms with E-state index in [0.29, 0.717) is 12.4 Å². The van der Waals surface area contributed by atoms with Crippen LogP contribution >= 0.6 is 0 Å². The third kappa shape index (κ3) is 3.01. The van der Waals surface area contributed by atoms with Crippen molar-refractivity contribution in [1.29, 1.82) is 0 Å². The summed E-state index contributed by atoms with van der Waals surface area (Å²) in [5.41, 5.74) is 1.10. The molecule has 23 heavy (non-hydrogen) atoms. The van der Waals surface area contributed by atoms with Gasteiger partial charge in [-0.1, -0.05) is 44.2 Å². The molecule has 0 amide bonds. The summed E-state index contributed by atoms with van der Waals surface area (Å²) in [6, 6.07) is 9.83. The van der Waals surface area contributed by atoms with Crippen LogP contribution in [0, 0.1) is 5.92 Å². The van der Waals surface area contributed by atoms with Crippen molar-refractivity contribution in [1.82, 2.24) is 25.1 Å². The lowest BCUT2D eigenvalue weighted by Crippen LogP contribution is -2.34. The van der Waals surface area contributed by atoms with Gasteiger partial charge in [0.05, 0.1) is 12.2 Å². The van der Waals surface area contributed by atoms with Gasteiger partial charge in [0.1, 0.15) is 0 Å². The number of fused-ring (bicyclic) bond motifs is 1. The van der Waals surface area contributed by atoms with E-state index in [1.165, 1.54) is 4.68 Å². The molecule has 1 unspecified atom stereocenters. The summed E-state index contributed by atoms with van der Waals surface area (Å²) in [7, 11) is 0. The van der Waals surface area contributed by atoms with E-state index in [-0.39, 0.29) is 17.8 Å². The fraction of sp³-hybridized carbons (Fsp3) is 0.333. The molecular weight excluding hydrogens is 298 g/mol. The van der Waals surface area contributed by atoms with Gasteiger partial charge < -0.3 is 14.7 Å². The van der Waals surface area contributed by atoms with Crippen LogP contribution in [0.3, 0.4) is 0 Å². The number of carbonyl (C=O) groups is 1. The number of benzene rings is 1. The number of rotatable bonds is 4. The van der Waals surface area contributed by atoms with Gasteiger partial charge in [-0.2, -0.15) is 4.68 Å². The fourth-order valence-corrected chi connectivity index (χ4v) is 2.74. The maximum Gasteiger partial charge on any atom is 0.512 e. The minimum Gasteiger partial charge on any atom is -0.449 e. The van der Waals surface area contributed by atoms with E-state index in [2.05, 4.69) is 29.4 Å². The van der Waals surface area contributed by atoms with Crippen LogP contribution in [0.15, 0.2) is 36.5 Å². The second-order valence-corrected chi connectivity index (χ2v) is 5.63. The van der Waals surface area contributed by atoms with Gasteiger partial charge in [0.2, 0.25) is 5.88 Å². The van der Waals surface area contributed by atoms with Crippen LogP contribution in [0.4, 0.5) is 4.79 Å². The van der Waals surface area contributed by atoms with Crippen LogP contribution in [-0.4, -0.2) is 36.4 Å². The van der Waals surface area contributed by atoms with Crippen molar-refractivity contribution >= 4 is 12.0 Å². The zero-order valence-corrected chi connectivity index (χ0v) is 12.8. The molecule has 120 valence electrons. The first-order valence-electron chi connectivity index (χ1n) is 7.27. The number of nitrogens with zero attached hydrogens (tertiary/aromatic N) is 5. The second-order valence-electron chi connectivity index (χ2n) is 5.63. The molecule has 1 aromatic heterocycles. The van der Waals surface area contributed by atoms with Gasteiger partial charge in [0, 0.05) is 6.54 Å². The molecule has 0 aliphatic carbocycles. The van der Waals surface area contributed by atoms with Gasteiger partial charge in [-0.3, -0.25) is 0 Å². The predicted octanol–water partition coefficient (Wildman–Crippen LogP) is 2.34. The summed E-state index contributed by atoms with van der Waals surface area (Å²) in [6.45, 7) is 4.74. The van der Waals surface area contributed by atoms with Crippen LogP contribution in [0.1, 0.15) is 31.3 Å². The quantitative estimate of drug-likeness (QED) is 0.865. The van der Waals surface area contributed by atoms with Gasteiger partial charge >= 0.3 is 6.16 Å². The van der Waals surface area contributed by atoms with E-state index in [9.17, 15) is 4.79 Å². The smallest absolute Gasteiger partial charge is 0.449 e. The van der Waals surface area contributed by atoms with Gasteiger partial charge in [0.25, 0.3) is 0 Å². The molecule has 2 aromatic rings. The Morgan fingerprint density at radius 1 is 1.35 bits per heavy atom. The van der Waals surface area contributed by atoms with Crippen LogP contribution in [-0.2, 0) is 11.3 Å². The third-order valence-electron chi connectivity index (χ3n) is 3.63. The van der Waals surface area contributed by atoms with Crippen molar-refractivity contribution in [2.75, 3.05) is 0 Å². The molecule has 2 heterocycles. The number of hydrogen-bond acceptors (Lipinski definition) is 6. The molecule has 8 nitrogen and oxygen atoms in total. The first-order valence-corrected chi connectivity index (χ1v) is 7.27. The van der Waals surface area contributed by atoms with Crippen molar-refractivity contribution in [2.24, 2.45) is 5.92 Å². The van der Waals surface area contributed by atoms with Crippen molar-refractivity contribution in [3.63, 3.8) is 0 Å². The van der Waals surface area contributed by atoms with E-state index >= 15 is 0 Å². The molecule has 3 rings (SSSR count). The lowest BCUT2D eigenvalue weighted by Gasteiger charge is -2.35. The number of ether oxygens (including phenoxy) is 1. The largest absolute Gasteiger partial charge is 0.512 e. The second kappa shape index (κ2) is 6.07. The van der Waals surface area contributed by atoms with Gasteiger partial charge in [-0.05, 0) is 21.9 Å². The summed E-state index contributed by atoms with van der Waals surface area (Å²) in [6.07, 6.45) is 0.246. The number of carboxylic acid groups (broad SMARTS) is 1. The molecule has 0 bridgehead atoms. The summed E-state index contributed by atoms with van der Waals surface area (Å²) >= 11 is 0. The highest BCUT2D eigenvalue weighted by Gasteiger charge is 2.34. The molecule has 1 aromatic carbocycles. The summed E-state index contributed by atoms with van der Waals surface area (Å²) in [5.74, 6) is 0.867. The van der Waals surface area contributed by atoms with E-state index < -0.39 is 6.16 Å². The molecule has 0 fully saturated rings. The minimum atomic E-state index is -1.40. The zero-order chi connectivity index (χ0) is 16.4. The monoisotopic (exact) mass is 315 g/mol. The molecule has 1 N–H and O–H groups in total. The molecule has 0 saturated heterocycles. The summed E-state index contributed by atoms with van der Waals surface area (Å²) < 4.78 is 6.16. The lowest BCUT2D eigenvalue weighted by molar-refractivity contribution is 0.121. The number of hydrogen-bond donors (Lipinski definition) is 1. The number of aromatic nitrogens is 4. The van der Waals surface area contributed by atoms with E-state index in [1.807, 2.05) is 35.2 Å². The third-order valence-corrected chi connectivity index (χ3v) is 3.63. The maximum absolute atomic E-state index is 10.9. The van der Waals surface area contributed by atoms with Crippen molar-refractivity contribution in [2.45, 2.75) is 26.4 Å². The van der Waals surface area contributed by atoms with Crippen LogP contribution < -0.4 is 0 Å². The Balaban J connectivity index is 1.99. The summed E-state index contributed by atoms with van der Waals surface area (Å²) in [4.78, 5) is 12.9. The normalized spacial score (nSPS) is 16.9. The average molecular weight is 315 g/mol. The van der Waals surface area contributed by atoms with E-state index in [0.717, 1.165) is 5.56 Å². The fourth-order valence-electron chi connectivity index (χ4n) is 2.74. The molecule has 8 heteroatoms. The predicted molar refractivity (Wildman–Crippen MR) is 80.8 cm³/mol. The van der Waals surface area contributed by atoms with E-state index in [1.54, 1.807) is 6.20 Å². The SMILES string of the molecule is CC(C)C1c2nnnn2C(OC(=O)O)=CN1Cc1ccccc1. The Morgan fingerprint density at radius 3 is 2.74 bits per heavy atom. The van der Waals surface area contributed by atoms with Crippen molar-refractivity contribution in [3.8, 4) is 0 Å². The molecule has 0 saturated carbocycles. The van der Waals surface area contributed by atoms with Gasteiger partial charge in [-0.15, -0.1) is 5.10 Å². The lowest BCUT2D eigenvalue weighted by atomic mass is 10.00. The Kier molecular flexibility index (Phi) is 3.96. The summed E-state index contributed by atoms with van der Waals surface area (Å²) in [5, 5.41) is 20.5. The average Bonchev–Trinajstić information content (AvgIpc) is 2.96. The van der Waals surface area contributed by atoms with Gasteiger partial charge in [-0.25, -0.2) is 4.79 Å².